The molecule has 0 radical (unpaired) electrons. The van der Waals surface area contributed by atoms with E-state index < -0.39 is 11.6 Å². The van der Waals surface area contributed by atoms with Crippen molar-refractivity contribution in [3.8, 4) is 17.1 Å². The summed E-state index contributed by atoms with van der Waals surface area (Å²) >= 11 is 0. The molecule has 1 aliphatic rings. The van der Waals surface area contributed by atoms with Gasteiger partial charge in [0.1, 0.15) is 11.7 Å². The van der Waals surface area contributed by atoms with Crippen molar-refractivity contribution in [3.05, 3.63) is 35.4 Å². The smallest absolute Gasteiger partial charge is 0.356 e. The van der Waals surface area contributed by atoms with Crippen molar-refractivity contribution >= 4 is 11.9 Å². The van der Waals surface area contributed by atoms with Gasteiger partial charge in [0.05, 0.1) is 17.1 Å². The maximum Gasteiger partial charge on any atom is 0.356 e. The van der Waals surface area contributed by atoms with Crippen LogP contribution in [-0.2, 0) is 9.53 Å². The van der Waals surface area contributed by atoms with Crippen LogP contribution in [0, 0.1) is 19.8 Å². The maximum atomic E-state index is 12.0. The van der Waals surface area contributed by atoms with E-state index in [-0.39, 0.29) is 17.8 Å². The lowest BCUT2D eigenvalue weighted by Crippen LogP contribution is -2.28. The highest BCUT2D eigenvalue weighted by atomic mass is 16.6. The zero-order chi connectivity index (χ0) is 23.5. The monoisotopic (exact) mass is 441 g/mol. The Balaban J connectivity index is 1.57. The van der Waals surface area contributed by atoms with Gasteiger partial charge in [-0.05, 0) is 72.3 Å². The highest BCUT2D eigenvalue weighted by Crippen LogP contribution is 2.30. The molecule has 0 atom stereocenters. The van der Waals surface area contributed by atoms with Crippen LogP contribution in [0.1, 0.15) is 74.8 Å². The molecule has 3 rings (SSSR count). The summed E-state index contributed by atoms with van der Waals surface area (Å²) in [5.74, 6) is -0.404. The van der Waals surface area contributed by atoms with Crippen LogP contribution in [0.4, 0.5) is 0 Å². The van der Waals surface area contributed by atoms with E-state index in [9.17, 15) is 14.7 Å². The summed E-state index contributed by atoms with van der Waals surface area (Å²) in [5, 5.41) is 9.31. The van der Waals surface area contributed by atoms with Gasteiger partial charge < -0.3 is 14.6 Å². The van der Waals surface area contributed by atoms with Crippen LogP contribution in [-0.4, -0.2) is 43.7 Å². The number of carboxylic acid groups (broad SMARTS) is 1. The molecule has 0 spiro atoms. The van der Waals surface area contributed by atoms with Gasteiger partial charge in [-0.15, -0.1) is 0 Å². The Morgan fingerprint density at radius 3 is 2.31 bits per heavy atom. The van der Waals surface area contributed by atoms with E-state index in [1.807, 2.05) is 26.8 Å². The number of aromatic carboxylic acids is 1. The molecule has 172 valence electrons. The van der Waals surface area contributed by atoms with Gasteiger partial charge in [-0.3, -0.25) is 9.78 Å². The van der Waals surface area contributed by atoms with Crippen LogP contribution in [0.15, 0.2) is 18.3 Å². The molecule has 1 saturated carbocycles. The van der Waals surface area contributed by atoms with Gasteiger partial charge in [0, 0.05) is 24.2 Å². The summed E-state index contributed by atoms with van der Waals surface area (Å²) in [5.41, 5.74) is 1.70. The lowest BCUT2D eigenvalue weighted by atomic mass is 9.85. The molecule has 0 amide bonds. The van der Waals surface area contributed by atoms with Crippen molar-refractivity contribution in [2.75, 3.05) is 0 Å². The van der Waals surface area contributed by atoms with E-state index in [1.54, 1.807) is 26.1 Å². The van der Waals surface area contributed by atoms with Crippen molar-refractivity contribution in [1.82, 2.24) is 15.0 Å². The number of pyridine rings is 1. The lowest BCUT2D eigenvalue weighted by Gasteiger charge is -2.29. The first-order valence-electron chi connectivity index (χ1n) is 11.0. The van der Waals surface area contributed by atoms with Crippen LogP contribution in [0.5, 0.6) is 5.88 Å². The average molecular weight is 442 g/mol. The molecule has 0 unspecified atom stereocenters. The van der Waals surface area contributed by atoms with Gasteiger partial charge in [-0.1, -0.05) is 0 Å². The number of carbonyl (C=O) groups excluding carboxylic acids is 1. The van der Waals surface area contributed by atoms with Crippen molar-refractivity contribution in [3.63, 3.8) is 0 Å². The fraction of sp³-hybridized carbons (Fsp3) is 0.542. The average Bonchev–Trinajstić information content (AvgIpc) is 2.68. The van der Waals surface area contributed by atoms with Gasteiger partial charge in [0.2, 0.25) is 5.88 Å². The molecular weight excluding hydrogens is 410 g/mol. The Morgan fingerprint density at radius 2 is 1.75 bits per heavy atom. The second-order valence-corrected chi connectivity index (χ2v) is 9.33. The van der Waals surface area contributed by atoms with E-state index in [1.165, 1.54) is 0 Å². The third-order valence-corrected chi connectivity index (χ3v) is 5.41. The topological polar surface area (TPSA) is 112 Å². The van der Waals surface area contributed by atoms with E-state index in [0.29, 0.717) is 40.9 Å². The first-order chi connectivity index (χ1) is 15.0. The largest absolute Gasteiger partial charge is 0.476 e. The highest BCUT2D eigenvalue weighted by molar-refractivity contribution is 5.87. The predicted octanol–water partition coefficient (Wildman–Crippen LogP) is 4.52. The van der Waals surface area contributed by atoms with Crippen molar-refractivity contribution < 1.29 is 24.2 Å². The molecule has 8 nitrogen and oxygen atoms in total. The Labute approximate surface area is 188 Å². The minimum absolute atomic E-state index is 0.0581. The first-order valence-corrected chi connectivity index (χ1v) is 11.0. The molecule has 0 bridgehead atoms. The fourth-order valence-corrected chi connectivity index (χ4v) is 3.94. The fourth-order valence-electron chi connectivity index (χ4n) is 3.94. The number of hydrogen-bond donors (Lipinski definition) is 1. The summed E-state index contributed by atoms with van der Waals surface area (Å²) in [7, 11) is 0. The zero-order valence-electron chi connectivity index (χ0n) is 19.3. The van der Waals surface area contributed by atoms with Crippen molar-refractivity contribution in [1.29, 1.82) is 0 Å². The number of esters is 1. The van der Waals surface area contributed by atoms with Crippen molar-refractivity contribution in [2.45, 2.75) is 78.4 Å². The van der Waals surface area contributed by atoms with Crippen LogP contribution >= 0.6 is 0 Å². The van der Waals surface area contributed by atoms with Gasteiger partial charge in [-0.25, -0.2) is 14.8 Å². The van der Waals surface area contributed by atoms with Crippen LogP contribution in [0.2, 0.25) is 0 Å². The minimum atomic E-state index is -1.11. The third kappa shape index (κ3) is 6.24. The summed E-state index contributed by atoms with van der Waals surface area (Å²) in [6, 6.07) is 3.58. The maximum absolute atomic E-state index is 12.0. The molecule has 1 fully saturated rings. The van der Waals surface area contributed by atoms with Gasteiger partial charge in [0.25, 0.3) is 0 Å². The van der Waals surface area contributed by atoms with Crippen LogP contribution < -0.4 is 4.74 Å². The summed E-state index contributed by atoms with van der Waals surface area (Å²) < 4.78 is 11.5. The molecular formula is C24H31N3O5. The zero-order valence-corrected chi connectivity index (χ0v) is 19.3. The van der Waals surface area contributed by atoms with Crippen LogP contribution in [0.3, 0.4) is 0 Å². The Hall–Kier alpha value is -3.03. The minimum Gasteiger partial charge on any atom is -0.476 e. The molecule has 32 heavy (non-hydrogen) atoms. The molecule has 1 N–H and O–H groups in total. The normalized spacial score (nSPS) is 18.8. The molecule has 1 aliphatic carbocycles. The SMILES string of the molecule is Cc1nc(C)c(-c2ccc(OC3CCC(CC(=O)OC(C)(C)C)CC3)nc2)nc1C(=O)O. The number of aryl methyl sites for hydroxylation is 2. The number of hydrogen-bond acceptors (Lipinski definition) is 7. The lowest BCUT2D eigenvalue weighted by molar-refractivity contribution is -0.156. The summed E-state index contributed by atoms with van der Waals surface area (Å²) in [6.45, 7) is 9.06. The molecule has 0 aliphatic heterocycles. The number of nitrogens with zero attached hydrogens (tertiary/aromatic N) is 3. The molecule has 0 saturated heterocycles. The predicted molar refractivity (Wildman–Crippen MR) is 119 cm³/mol. The second kappa shape index (κ2) is 9.63. The van der Waals surface area contributed by atoms with E-state index in [0.717, 1.165) is 25.7 Å². The number of rotatable bonds is 6. The molecule has 2 aromatic rings. The summed E-state index contributed by atoms with van der Waals surface area (Å²) in [6.07, 6.45) is 5.69. The molecule has 2 aromatic heterocycles. The molecule has 2 heterocycles. The van der Waals surface area contributed by atoms with Gasteiger partial charge in [-0.2, -0.15) is 0 Å². The second-order valence-electron chi connectivity index (χ2n) is 9.33. The highest BCUT2D eigenvalue weighted by Gasteiger charge is 2.26. The Kier molecular flexibility index (Phi) is 7.11. The molecule has 8 heteroatoms. The van der Waals surface area contributed by atoms with Crippen molar-refractivity contribution in [2.24, 2.45) is 5.92 Å². The first kappa shape index (κ1) is 23.6. The standard InChI is InChI=1S/C24H31N3O5/c1-14-21(27-22(23(29)30)15(2)26-14)17-8-11-19(25-13-17)31-18-9-6-16(7-10-18)12-20(28)32-24(3,4)5/h8,11,13,16,18H,6-7,9-10,12H2,1-5H3,(H,29,30). The summed E-state index contributed by atoms with van der Waals surface area (Å²) in [4.78, 5) is 36.4. The number of carbonyl (C=O) groups is 2. The van der Waals surface area contributed by atoms with Crippen LogP contribution in [0.25, 0.3) is 11.3 Å². The third-order valence-electron chi connectivity index (χ3n) is 5.41. The Morgan fingerprint density at radius 1 is 1.06 bits per heavy atom. The molecule has 0 aromatic carbocycles. The van der Waals surface area contributed by atoms with E-state index in [4.69, 9.17) is 9.47 Å². The Bertz CT molecular complexity index is 974. The number of aromatic nitrogens is 3. The van der Waals surface area contributed by atoms with E-state index >= 15 is 0 Å². The van der Waals surface area contributed by atoms with Gasteiger partial charge >= 0.3 is 11.9 Å². The number of carboxylic acids is 1. The van der Waals surface area contributed by atoms with Gasteiger partial charge in [0.15, 0.2) is 5.69 Å². The number of ether oxygens (including phenoxy) is 2. The van der Waals surface area contributed by atoms with E-state index in [2.05, 4.69) is 15.0 Å². The quantitative estimate of drug-likeness (QED) is 0.651.